The van der Waals surface area contributed by atoms with E-state index in [4.69, 9.17) is 21.6 Å². The first-order chi connectivity index (χ1) is 8.25. The number of hydrogen-bond acceptors (Lipinski definition) is 5. The van der Waals surface area contributed by atoms with Gasteiger partial charge in [-0.25, -0.2) is 13.2 Å². The van der Waals surface area contributed by atoms with Gasteiger partial charge in [0.2, 0.25) is 0 Å². The van der Waals surface area contributed by atoms with Crippen molar-refractivity contribution >= 4 is 27.4 Å². The summed E-state index contributed by atoms with van der Waals surface area (Å²) in [6.07, 6.45) is 0.0798. The minimum absolute atomic E-state index is 0.0296. The molecule has 0 amide bonds. The first-order valence-electron chi connectivity index (χ1n) is 4.86. The first-order valence-corrected chi connectivity index (χ1v) is 7.13. The summed E-state index contributed by atoms with van der Waals surface area (Å²) in [5, 5.41) is 8.54. The molecule has 0 aliphatic carbocycles. The predicted octanol–water partition coefficient (Wildman–Crippen LogP) is 1.81. The lowest BCUT2D eigenvalue weighted by Crippen LogP contribution is -2.13. The van der Waals surface area contributed by atoms with Gasteiger partial charge in [0, 0.05) is 6.26 Å². The summed E-state index contributed by atoms with van der Waals surface area (Å²) < 4.78 is 27.6. The number of rotatable bonds is 3. The van der Waals surface area contributed by atoms with Crippen LogP contribution in [0.5, 0.6) is 0 Å². The summed E-state index contributed by atoms with van der Waals surface area (Å²) in [5.74, 6) is -0.773. The number of esters is 1. The highest BCUT2D eigenvalue weighted by Gasteiger charge is 2.17. The van der Waals surface area contributed by atoms with E-state index in [1.165, 1.54) is 19.1 Å². The SMILES string of the molecule is C[C@H](C#N)OC(=O)c1ccc(Cl)c(S(C)(=O)=O)c1. The molecule has 0 heterocycles. The molecule has 0 aliphatic heterocycles. The molecule has 0 aromatic heterocycles. The van der Waals surface area contributed by atoms with Crippen LogP contribution in [0.1, 0.15) is 17.3 Å². The number of sulfone groups is 1. The molecule has 0 N–H and O–H groups in total. The van der Waals surface area contributed by atoms with Crippen LogP contribution in [0.4, 0.5) is 0 Å². The highest BCUT2D eigenvalue weighted by atomic mass is 35.5. The lowest BCUT2D eigenvalue weighted by molar-refractivity contribution is 0.0435. The van der Waals surface area contributed by atoms with E-state index in [1.807, 2.05) is 0 Å². The maximum Gasteiger partial charge on any atom is 0.339 e. The van der Waals surface area contributed by atoms with Crippen LogP contribution in [-0.4, -0.2) is 26.7 Å². The van der Waals surface area contributed by atoms with Crippen molar-refractivity contribution in [1.29, 1.82) is 5.26 Å². The summed E-state index contributed by atoms with van der Waals surface area (Å²) >= 11 is 5.73. The second kappa shape index (κ2) is 5.38. The van der Waals surface area contributed by atoms with Crippen molar-refractivity contribution in [3.63, 3.8) is 0 Å². The van der Waals surface area contributed by atoms with Gasteiger partial charge in [0.05, 0.1) is 15.5 Å². The quantitative estimate of drug-likeness (QED) is 0.792. The Morgan fingerprint density at radius 2 is 2.11 bits per heavy atom. The number of halogens is 1. The molecule has 5 nitrogen and oxygen atoms in total. The van der Waals surface area contributed by atoms with Gasteiger partial charge in [-0.05, 0) is 25.1 Å². The number of ether oxygens (including phenoxy) is 1. The number of nitriles is 1. The zero-order valence-corrected chi connectivity index (χ0v) is 11.2. The third-order valence-corrected chi connectivity index (χ3v) is 3.61. The molecule has 0 fully saturated rings. The zero-order valence-electron chi connectivity index (χ0n) is 9.68. The van der Waals surface area contributed by atoms with Gasteiger partial charge in [0.1, 0.15) is 6.07 Å². The van der Waals surface area contributed by atoms with Gasteiger partial charge in [-0.2, -0.15) is 5.26 Å². The van der Waals surface area contributed by atoms with Crippen LogP contribution in [0.3, 0.4) is 0 Å². The van der Waals surface area contributed by atoms with Gasteiger partial charge >= 0.3 is 5.97 Å². The minimum atomic E-state index is -3.53. The van der Waals surface area contributed by atoms with E-state index in [0.717, 1.165) is 12.3 Å². The Hall–Kier alpha value is -1.58. The summed E-state index contributed by atoms with van der Waals surface area (Å²) in [6, 6.07) is 5.50. The summed E-state index contributed by atoms with van der Waals surface area (Å²) in [7, 11) is -3.53. The normalized spacial score (nSPS) is 12.6. The van der Waals surface area contributed by atoms with Crippen molar-refractivity contribution < 1.29 is 17.9 Å². The Morgan fingerprint density at radius 3 is 2.61 bits per heavy atom. The highest BCUT2D eigenvalue weighted by Crippen LogP contribution is 2.23. The lowest BCUT2D eigenvalue weighted by atomic mass is 10.2. The molecule has 0 unspecified atom stereocenters. The van der Waals surface area contributed by atoms with E-state index in [-0.39, 0.29) is 15.5 Å². The summed E-state index contributed by atoms with van der Waals surface area (Å²) in [4.78, 5) is 11.4. The second-order valence-corrected chi connectivity index (χ2v) is 5.99. The molecule has 0 saturated carbocycles. The van der Waals surface area contributed by atoms with Gasteiger partial charge in [0.15, 0.2) is 15.9 Å². The zero-order chi connectivity index (χ0) is 13.9. The molecule has 0 aliphatic rings. The largest absolute Gasteiger partial charge is 0.444 e. The molecule has 0 radical (unpaired) electrons. The maximum absolute atomic E-state index is 11.6. The molecule has 1 aromatic rings. The Bertz CT molecular complexity index is 618. The Balaban J connectivity index is 3.15. The number of carbonyl (C=O) groups excluding carboxylic acids is 1. The summed E-state index contributed by atoms with van der Waals surface area (Å²) in [6.45, 7) is 1.41. The van der Waals surface area contributed by atoms with Gasteiger partial charge in [-0.15, -0.1) is 0 Å². The van der Waals surface area contributed by atoms with Crippen molar-refractivity contribution in [2.75, 3.05) is 6.26 Å². The van der Waals surface area contributed by atoms with Gasteiger partial charge in [-0.1, -0.05) is 11.6 Å². The number of carbonyl (C=O) groups is 1. The topological polar surface area (TPSA) is 84.2 Å². The molecule has 0 saturated heterocycles. The van der Waals surface area contributed by atoms with Crippen LogP contribution < -0.4 is 0 Å². The number of benzene rings is 1. The van der Waals surface area contributed by atoms with E-state index in [9.17, 15) is 13.2 Å². The Morgan fingerprint density at radius 1 is 1.50 bits per heavy atom. The Labute approximate surface area is 110 Å². The second-order valence-electron chi connectivity index (χ2n) is 3.59. The molecule has 0 spiro atoms. The molecule has 18 heavy (non-hydrogen) atoms. The van der Waals surface area contributed by atoms with Crippen LogP contribution in [0, 0.1) is 11.3 Å². The van der Waals surface area contributed by atoms with E-state index >= 15 is 0 Å². The van der Waals surface area contributed by atoms with E-state index in [1.54, 1.807) is 6.07 Å². The van der Waals surface area contributed by atoms with Crippen LogP contribution >= 0.6 is 11.6 Å². The van der Waals surface area contributed by atoms with Gasteiger partial charge in [0.25, 0.3) is 0 Å². The van der Waals surface area contributed by atoms with Gasteiger partial charge < -0.3 is 4.74 Å². The monoisotopic (exact) mass is 287 g/mol. The molecular weight excluding hydrogens is 278 g/mol. The van der Waals surface area contributed by atoms with Crippen LogP contribution in [0.2, 0.25) is 5.02 Å². The van der Waals surface area contributed by atoms with Crippen LogP contribution in [0.15, 0.2) is 23.1 Å². The fourth-order valence-corrected chi connectivity index (χ4v) is 2.47. The smallest absolute Gasteiger partial charge is 0.339 e. The van der Waals surface area contributed by atoms with E-state index in [0.29, 0.717) is 0 Å². The van der Waals surface area contributed by atoms with E-state index in [2.05, 4.69) is 0 Å². The van der Waals surface area contributed by atoms with Crippen molar-refractivity contribution in [2.24, 2.45) is 0 Å². The summed E-state index contributed by atoms with van der Waals surface area (Å²) in [5.41, 5.74) is 0.0296. The average molecular weight is 288 g/mol. The third-order valence-electron chi connectivity index (χ3n) is 2.03. The van der Waals surface area contributed by atoms with Crippen molar-refractivity contribution in [3.05, 3.63) is 28.8 Å². The minimum Gasteiger partial charge on any atom is -0.444 e. The number of hydrogen-bond donors (Lipinski definition) is 0. The molecule has 96 valence electrons. The average Bonchev–Trinajstić information content (AvgIpc) is 2.27. The standard InChI is InChI=1S/C11H10ClNO4S/c1-7(6-13)17-11(14)8-3-4-9(12)10(5-8)18(2,15)16/h3-5,7H,1-2H3/t7-/m1/s1. The fraction of sp³-hybridized carbons (Fsp3) is 0.273. The lowest BCUT2D eigenvalue weighted by Gasteiger charge is -2.08. The number of nitrogens with zero attached hydrogens (tertiary/aromatic N) is 1. The van der Waals surface area contributed by atoms with Crippen LogP contribution in [0.25, 0.3) is 0 Å². The van der Waals surface area contributed by atoms with E-state index < -0.39 is 21.9 Å². The van der Waals surface area contributed by atoms with Crippen molar-refractivity contribution in [1.82, 2.24) is 0 Å². The van der Waals surface area contributed by atoms with Gasteiger partial charge in [-0.3, -0.25) is 0 Å². The van der Waals surface area contributed by atoms with Crippen molar-refractivity contribution in [2.45, 2.75) is 17.9 Å². The molecule has 1 rings (SSSR count). The highest BCUT2D eigenvalue weighted by molar-refractivity contribution is 7.90. The van der Waals surface area contributed by atoms with Crippen molar-refractivity contribution in [3.8, 4) is 6.07 Å². The molecule has 1 aromatic carbocycles. The Kier molecular flexibility index (Phi) is 4.33. The molecule has 7 heteroatoms. The molecule has 0 bridgehead atoms. The first kappa shape index (κ1) is 14.5. The van der Waals surface area contributed by atoms with Crippen LogP contribution in [-0.2, 0) is 14.6 Å². The fourth-order valence-electron chi connectivity index (χ4n) is 1.17. The predicted molar refractivity (Wildman–Crippen MR) is 65.1 cm³/mol. The molecular formula is C11H10ClNO4S. The third kappa shape index (κ3) is 3.45. The maximum atomic E-state index is 11.6. The molecule has 1 atom stereocenters.